The number of nitrogens with one attached hydrogen (secondary N) is 1. The minimum atomic E-state index is -4.54. The zero-order valence-electron chi connectivity index (χ0n) is 11.9. The monoisotopic (exact) mass is 378 g/mol. The van der Waals surface area contributed by atoms with Crippen molar-refractivity contribution in [2.75, 3.05) is 18.5 Å². The summed E-state index contributed by atoms with van der Waals surface area (Å²) in [4.78, 5) is 15.3. The molecule has 1 N–H and O–H groups in total. The van der Waals surface area contributed by atoms with Gasteiger partial charge in [-0.05, 0) is 17.7 Å². The van der Waals surface area contributed by atoms with Crippen LogP contribution >= 0.6 is 22.9 Å². The van der Waals surface area contributed by atoms with Gasteiger partial charge in [0.25, 0.3) is 0 Å². The third kappa shape index (κ3) is 3.73. The number of halogens is 4. The normalized spacial score (nSPS) is 13.7. The number of benzene rings is 1. The Morgan fingerprint density at radius 3 is 2.79 bits per heavy atom. The van der Waals surface area contributed by atoms with E-state index in [1.54, 1.807) is 12.1 Å². The highest BCUT2D eigenvalue weighted by atomic mass is 35.5. The Morgan fingerprint density at radius 2 is 2.08 bits per heavy atom. The molecule has 0 saturated carbocycles. The van der Waals surface area contributed by atoms with E-state index in [1.807, 2.05) is 0 Å². The van der Waals surface area contributed by atoms with E-state index in [-0.39, 0.29) is 11.6 Å². The van der Waals surface area contributed by atoms with Gasteiger partial charge in [-0.3, -0.25) is 4.79 Å². The Hall–Kier alpha value is -2.00. The van der Waals surface area contributed by atoms with Crippen LogP contribution in [0, 0.1) is 0 Å². The second-order valence-corrected chi connectivity index (χ2v) is 6.13. The lowest BCUT2D eigenvalue weighted by atomic mass is 10.1. The van der Waals surface area contributed by atoms with Crippen LogP contribution in [0.3, 0.4) is 0 Å². The van der Waals surface area contributed by atoms with E-state index in [1.165, 1.54) is 0 Å². The van der Waals surface area contributed by atoms with Crippen molar-refractivity contribution in [3.8, 4) is 11.5 Å². The summed E-state index contributed by atoms with van der Waals surface area (Å²) in [5, 5.41) is 3.37. The van der Waals surface area contributed by atoms with Gasteiger partial charge < -0.3 is 14.8 Å². The standard InChI is InChI=1S/C14H10ClF3N2O3S/c15-8-3-7(4-9-12(8)23-2-1-22-9)5-11(21)20-13-19-10(6-24-13)14(16,17)18/h3-4,6H,1-2,5H2,(H,19,20,21). The molecule has 1 aliphatic heterocycles. The van der Waals surface area contributed by atoms with Crippen LogP contribution in [-0.2, 0) is 17.4 Å². The molecular weight excluding hydrogens is 369 g/mol. The molecule has 0 fully saturated rings. The minimum absolute atomic E-state index is 0.0860. The summed E-state index contributed by atoms with van der Waals surface area (Å²) < 4.78 is 48.2. The highest BCUT2D eigenvalue weighted by molar-refractivity contribution is 7.13. The number of nitrogens with zero attached hydrogens (tertiary/aromatic N) is 1. The molecule has 0 saturated heterocycles. The first-order valence-electron chi connectivity index (χ1n) is 6.73. The van der Waals surface area contributed by atoms with E-state index >= 15 is 0 Å². The van der Waals surface area contributed by atoms with Crippen LogP contribution < -0.4 is 14.8 Å². The molecule has 5 nitrogen and oxygen atoms in total. The lowest BCUT2D eigenvalue weighted by Gasteiger charge is -2.20. The quantitative estimate of drug-likeness (QED) is 0.883. The topological polar surface area (TPSA) is 60.5 Å². The number of carbonyl (C=O) groups excluding carboxylic acids is 1. The number of anilines is 1. The number of amides is 1. The predicted octanol–water partition coefficient (Wildman–Crippen LogP) is 3.77. The summed E-state index contributed by atoms with van der Waals surface area (Å²) in [6.45, 7) is 0.760. The zero-order valence-corrected chi connectivity index (χ0v) is 13.5. The van der Waals surface area contributed by atoms with Gasteiger partial charge >= 0.3 is 6.18 Å². The van der Waals surface area contributed by atoms with Crippen molar-refractivity contribution in [1.82, 2.24) is 4.98 Å². The Morgan fingerprint density at radius 1 is 1.33 bits per heavy atom. The fraction of sp³-hybridized carbons (Fsp3) is 0.286. The maximum atomic E-state index is 12.5. The van der Waals surface area contributed by atoms with Crippen molar-refractivity contribution >= 4 is 34.0 Å². The maximum Gasteiger partial charge on any atom is 0.434 e. The molecule has 2 heterocycles. The number of ether oxygens (including phenoxy) is 2. The Kier molecular flexibility index (Phi) is 4.55. The zero-order chi connectivity index (χ0) is 17.3. The molecule has 1 aliphatic rings. The average Bonchev–Trinajstić information content (AvgIpc) is 2.95. The predicted molar refractivity (Wildman–Crippen MR) is 81.9 cm³/mol. The highest BCUT2D eigenvalue weighted by Gasteiger charge is 2.33. The molecule has 0 radical (unpaired) electrons. The van der Waals surface area contributed by atoms with Crippen molar-refractivity contribution in [3.05, 3.63) is 33.8 Å². The number of thiazole rings is 1. The molecule has 3 rings (SSSR count). The third-order valence-corrected chi connectivity index (χ3v) is 4.10. The Labute approximate surface area is 143 Å². The molecule has 0 spiro atoms. The van der Waals surface area contributed by atoms with Gasteiger partial charge in [0.1, 0.15) is 13.2 Å². The summed E-state index contributed by atoms with van der Waals surface area (Å²) in [6, 6.07) is 3.17. The minimum Gasteiger partial charge on any atom is -0.486 e. The molecule has 1 aromatic heterocycles. The number of fused-ring (bicyclic) bond motifs is 1. The van der Waals surface area contributed by atoms with Crippen LogP contribution in [0.2, 0.25) is 5.02 Å². The smallest absolute Gasteiger partial charge is 0.434 e. The fourth-order valence-corrected chi connectivity index (χ4v) is 3.10. The molecule has 0 aliphatic carbocycles. The third-order valence-electron chi connectivity index (χ3n) is 3.06. The van der Waals surface area contributed by atoms with Crippen molar-refractivity contribution < 1.29 is 27.4 Å². The first-order chi connectivity index (χ1) is 11.3. The van der Waals surface area contributed by atoms with Gasteiger partial charge in [0.05, 0.1) is 11.4 Å². The summed E-state index contributed by atoms with van der Waals surface area (Å²) in [5.74, 6) is 0.345. The number of hydrogen-bond acceptors (Lipinski definition) is 5. The van der Waals surface area contributed by atoms with Crippen LogP contribution in [0.4, 0.5) is 18.3 Å². The van der Waals surface area contributed by atoms with Crippen molar-refractivity contribution in [2.24, 2.45) is 0 Å². The summed E-state index contributed by atoms with van der Waals surface area (Å²) in [6.07, 6.45) is -4.62. The van der Waals surface area contributed by atoms with Gasteiger partial charge in [-0.15, -0.1) is 11.3 Å². The molecular formula is C14H10ClF3N2O3S. The molecule has 0 atom stereocenters. The van der Waals surface area contributed by atoms with E-state index in [2.05, 4.69) is 10.3 Å². The van der Waals surface area contributed by atoms with Crippen molar-refractivity contribution in [3.63, 3.8) is 0 Å². The summed E-state index contributed by atoms with van der Waals surface area (Å²) in [5.41, 5.74) is -0.487. The van der Waals surface area contributed by atoms with E-state index < -0.39 is 17.8 Å². The maximum absolute atomic E-state index is 12.5. The van der Waals surface area contributed by atoms with Gasteiger partial charge in [-0.1, -0.05) is 11.6 Å². The summed E-state index contributed by atoms with van der Waals surface area (Å²) in [7, 11) is 0. The Balaban J connectivity index is 1.69. The van der Waals surface area contributed by atoms with Crippen LogP contribution in [0.1, 0.15) is 11.3 Å². The number of alkyl halides is 3. The van der Waals surface area contributed by atoms with Crippen molar-refractivity contribution in [2.45, 2.75) is 12.6 Å². The van der Waals surface area contributed by atoms with Crippen LogP contribution in [-0.4, -0.2) is 24.1 Å². The number of rotatable bonds is 3. The summed E-state index contributed by atoms with van der Waals surface area (Å²) >= 11 is 6.78. The van der Waals surface area contributed by atoms with E-state index in [0.29, 0.717) is 46.6 Å². The second kappa shape index (κ2) is 6.48. The van der Waals surface area contributed by atoms with Gasteiger partial charge in [-0.2, -0.15) is 13.2 Å². The van der Waals surface area contributed by atoms with Crippen LogP contribution in [0.5, 0.6) is 11.5 Å². The van der Waals surface area contributed by atoms with Crippen LogP contribution in [0.15, 0.2) is 17.5 Å². The number of hydrogen-bond donors (Lipinski definition) is 1. The molecule has 1 aromatic carbocycles. The molecule has 128 valence electrons. The molecule has 0 unspecified atom stereocenters. The van der Waals surface area contributed by atoms with Crippen molar-refractivity contribution in [1.29, 1.82) is 0 Å². The van der Waals surface area contributed by atoms with Gasteiger partial charge in [-0.25, -0.2) is 4.98 Å². The number of aromatic nitrogens is 1. The van der Waals surface area contributed by atoms with E-state index in [0.717, 1.165) is 5.38 Å². The lowest BCUT2D eigenvalue weighted by molar-refractivity contribution is -0.140. The molecule has 2 aromatic rings. The highest BCUT2D eigenvalue weighted by Crippen LogP contribution is 2.38. The number of carbonyl (C=O) groups is 1. The Bertz CT molecular complexity index is 779. The molecule has 0 bridgehead atoms. The second-order valence-electron chi connectivity index (χ2n) is 4.86. The largest absolute Gasteiger partial charge is 0.486 e. The molecule has 24 heavy (non-hydrogen) atoms. The van der Waals surface area contributed by atoms with E-state index in [9.17, 15) is 18.0 Å². The SMILES string of the molecule is O=C(Cc1cc(Cl)c2c(c1)OCCO2)Nc1nc(C(F)(F)F)cs1. The van der Waals surface area contributed by atoms with Gasteiger partial charge in [0.2, 0.25) is 5.91 Å². The van der Waals surface area contributed by atoms with Gasteiger partial charge in [0, 0.05) is 5.38 Å². The lowest BCUT2D eigenvalue weighted by Crippen LogP contribution is -2.17. The fourth-order valence-electron chi connectivity index (χ4n) is 2.08. The first-order valence-corrected chi connectivity index (χ1v) is 7.99. The molecule has 10 heteroatoms. The first kappa shape index (κ1) is 16.8. The average molecular weight is 379 g/mol. The van der Waals surface area contributed by atoms with Crippen LogP contribution in [0.25, 0.3) is 0 Å². The van der Waals surface area contributed by atoms with Gasteiger partial charge in [0.15, 0.2) is 22.3 Å². The molecule has 1 amide bonds. The van der Waals surface area contributed by atoms with E-state index in [4.69, 9.17) is 21.1 Å².